The number of carbonyl (C=O) groups excluding carboxylic acids is 4. The van der Waals surface area contributed by atoms with E-state index in [-0.39, 0.29) is 29.9 Å². The number of phenolic OH excluding ortho intramolecular Hbond substituents is 2. The topological polar surface area (TPSA) is 154 Å². The molecule has 3 amide bonds. The summed E-state index contributed by atoms with van der Waals surface area (Å²) in [7, 11) is 1.20. The van der Waals surface area contributed by atoms with E-state index in [4.69, 9.17) is 4.74 Å². The third kappa shape index (κ3) is 8.36. The van der Waals surface area contributed by atoms with Gasteiger partial charge in [0.2, 0.25) is 11.8 Å². The average Bonchev–Trinajstić information content (AvgIpc) is 3.61. The normalized spacial score (nSPS) is 17.6. The summed E-state index contributed by atoms with van der Waals surface area (Å²) in [5.41, 5.74) is 0.254. The van der Waals surface area contributed by atoms with Crippen LogP contribution in [0.1, 0.15) is 51.3 Å². The smallest absolute Gasteiger partial charge is 0.408 e. The van der Waals surface area contributed by atoms with Gasteiger partial charge in [0.15, 0.2) is 0 Å². The van der Waals surface area contributed by atoms with Crippen LogP contribution in [0.25, 0.3) is 0 Å². The van der Waals surface area contributed by atoms with Crippen LogP contribution in [-0.2, 0) is 30.3 Å². The number of carbonyl (C=O) groups is 4. The first-order valence-corrected chi connectivity index (χ1v) is 13.0. The highest BCUT2D eigenvalue weighted by Crippen LogP contribution is 2.41. The molecule has 3 rings (SSSR count). The molecule has 40 heavy (non-hydrogen) atoms. The van der Waals surface area contributed by atoms with Crippen LogP contribution in [0.3, 0.4) is 0 Å². The molecule has 11 heteroatoms. The van der Waals surface area contributed by atoms with Crippen LogP contribution in [0.2, 0.25) is 0 Å². The molecule has 2 aromatic rings. The van der Waals surface area contributed by atoms with Crippen molar-refractivity contribution in [1.82, 2.24) is 15.5 Å². The first kappa shape index (κ1) is 30.3. The molecule has 0 bridgehead atoms. The Balaban J connectivity index is 2.02. The molecule has 4 N–H and O–H groups in total. The van der Waals surface area contributed by atoms with Crippen LogP contribution >= 0.6 is 0 Å². The van der Waals surface area contributed by atoms with E-state index in [2.05, 4.69) is 15.4 Å². The van der Waals surface area contributed by atoms with Gasteiger partial charge in [-0.15, -0.1) is 0 Å². The molecule has 4 atom stereocenters. The Bertz CT molecular complexity index is 1210. The van der Waals surface area contributed by atoms with Gasteiger partial charge in [0.05, 0.1) is 7.11 Å². The van der Waals surface area contributed by atoms with E-state index < -0.39 is 48.1 Å². The molecule has 1 aliphatic rings. The van der Waals surface area contributed by atoms with Gasteiger partial charge in [0.1, 0.15) is 35.7 Å². The number of benzene rings is 2. The zero-order valence-corrected chi connectivity index (χ0v) is 23.3. The number of rotatable bonds is 10. The van der Waals surface area contributed by atoms with E-state index in [1.54, 1.807) is 32.9 Å². The molecule has 1 fully saturated rings. The Morgan fingerprint density at radius 1 is 1.00 bits per heavy atom. The second-order valence-corrected chi connectivity index (χ2v) is 10.9. The number of phenols is 2. The standard InChI is InChI=1S/C29H37N3O8/c1-17-14-23(17)32(25(19-8-12-21(34)13-9-19)26(36)30-16-24(35)39-5)27(37)22(31-28(38)40-29(2,3)4)15-18-6-10-20(33)11-7-18/h6-13,17,22-23,25,33-34H,14-16H2,1-5H3,(H,30,36)(H,31,38). The molecule has 1 aliphatic carbocycles. The van der Waals surface area contributed by atoms with Gasteiger partial charge in [-0.1, -0.05) is 31.2 Å². The Kier molecular flexibility index (Phi) is 9.62. The first-order valence-electron chi connectivity index (χ1n) is 13.0. The van der Waals surface area contributed by atoms with Crippen LogP contribution in [0.5, 0.6) is 11.5 Å². The molecule has 216 valence electrons. The summed E-state index contributed by atoms with van der Waals surface area (Å²) in [6.45, 7) is 6.65. The van der Waals surface area contributed by atoms with Gasteiger partial charge in [-0.05, 0) is 68.5 Å². The van der Waals surface area contributed by atoms with Gasteiger partial charge in [-0.25, -0.2) is 4.79 Å². The van der Waals surface area contributed by atoms with E-state index in [1.165, 1.54) is 48.4 Å². The number of ether oxygens (including phenoxy) is 2. The fraction of sp³-hybridized carbons (Fsp3) is 0.448. The van der Waals surface area contributed by atoms with E-state index in [0.717, 1.165) is 0 Å². The number of alkyl carbamates (subject to hydrolysis) is 1. The Hall–Kier alpha value is -4.28. The highest BCUT2D eigenvalue weighted by Gasteiger charge is 2.48. The predicted molar refractivity (Wildman–Crippen MR) is 145 cm³/mol. The van der Waals surface area contributed by atoms with E-state index in [9.17, 15) is 29.4 Å². The monoisotopic (exact) mass is 555 g/mol. The molecule has 4 unspecified atom stereocenters. The molecule has 0 aliphatic heterocycles. The number of hydrogen-bond donors (Lipinski definition) is 4. The molecule has 0 aromatic heterocycles. The first-order chi connectivity index (χ1) is 18.8. The largest absolute Gasteiger partial charge is 0.508 e. The van der Waals surface area contributed by atoms with Crippen LogP contribution in [0.15, 0.2) is 48.5 Å². The Morgan fingerprint density at radius 2 is 1.55 bits per heavy atom. The molecule has 0 radical (unpaired) electrons. The van der Waals surface area contributed by atoms with Gasteiger partial charge in [-0.2, -0.15) is 0 Å². The summed E-state index contributed by atoms with van der Waals surface area (Å²) in [4.78, 5) is 53.9. The minimum absolute atomic E-state index is 0.0214. The van der Waals surface area contributed by atoms with Crippen molar-refractivity contribution in [3.05, 3.63) is 59.7 Å². The van der Waals surface area contributed by atoms with Gasteiger partial charge in [0.25, 0.3) is 0 Å². The Morgan fingerprint density at radius 3 is 2.05 bits per heavy atom. The van der Waals surface area contributed by atoms with Crippen LogP contribution in [0, 0.1) is 5.92 Å². The highest BCUT2D eigenvalue weighted by atomic mass is 16.6. The zero-order chi connectivity index (χ0) is 29.6. The molecule has 2 aromatic carbocycles. The lowest BCUT2D eigenvalue weighted by Crippen LogP contribution is -2.55. The zero-order valence-electron chi connectivity index (χ0n) is 23.3. The lowest BCUT2D eigenvalue weighted by Gasteiger charge is -2.35. The SMILES string of the molecule is COC(=O)CNC(=O)C(c1ccc(O)cc1)N(C(=O)C(Cc1ccc(O)cc1)NC(=O)OC(C)(C)C)C1CC1C. The van der Waals surface area contributed by atoms with Crippen molar-refractivity contribution in [2.75, 3.05) is 13.7 Å². The number of hydrogen-bond acceptors (Lipinski definition) is 8. The maximum atomic E-state index is 14.3. The van der Waals surface area contributed by atoms with Crippen LogP contribution < -0.4 is 10.6 Å². The summed E-state index contributed by atoms with van der Waals surface area (Å²) in [5.74, 6) is -1.70. The van der Waals surface area contributed by atoms with Crippen molar-refractivity contribution < 1.29 is 38.9 Å². The summed E-state index contributed by atoms with van der Waals surface area (Å²) in [6, 6.07) is 9.48. The number of nitrogens with one attached hydrogen (secondary N) is 2. The summed E-state index contributed by atoms with van der Waals surface area (Å²) in [6.07, 6.45) is -0.116. The van der Waals surface area contributed by atoms with Gasteiger partial charge < -0.3 is 35.2 Å². The molecular weight excluding hydrogens is 518 g/mol. The molecule has 11 nitrogen and oxygen atoms in total. The number of aromatic hydroxyl groups is 2. The fourth-order valence-electron chi connectivity index (χ4n) is 4.29. The summed E-state index contributed by atoms with van der Waals surface area (Å²) >= 11 is 0. The fourth-order valence-corrected chi connectivity index (χ4v) is 4.29. The summed E-state index contributed by atoms with van der Waals surface area (Å²) in [5, 5.41) is 24.7. The third-order valence-electron chi connectivity index (χ3n) is 6.41. The van der Waals surface area contributed by atoms with Gasteiger partial charge >= 0.3 is 12.1 Å². The third-order valence-corrected chi connectivity index (χ3v) is 6.41. The van der Waals surface area contributed by atoms with Crippen molar-refractivity contribution in [3.8, 4) is 11.5 Å². The van der Waals surface area contributed by atoms with Crippen molar-refractivity contribution >= 4 is 23.9 Å². The maximum Gasteiger partial charge on any atom is 0.408 e. The van der Waals surface area contributed by atoms with Crippen molar-refractivity contribution in [2.45, 2.75) is 64.3 Å². The molecular formula is C29H37N3O8. The number of nitrogens with zero attached hydrogens (tertiary/aromatic N) is 1. The predicted octanol–water partition coefficient (Wildman–Crippen LogP) is 2.80. The lowest BCUT2D eigenvalue weighted by molar-refractivity contribution is -0.145. The summed E-state index contributed by atoms with van der Waals surface area (Å²) < 4.78 is 10.1. The quantitative estimate of drug-likeness (QED) is 0.326. The Labute approximate surface area is 233 Å². The molecule has 0 saturated heterocycles. The van der Waals surface area contributed by atoms with Crippen LogP contribution in [0.4, 0.5) is 4.79 Å². The number of amides is 3. The minimum Gasteiger partial charge on any atom is -0.508 e. The average molecular weight is 556 g/mol. The number of esters is 1. The second-order valence-electron chi connectivity index (χ2n) is 10.9. The van der Waals surface area contributed by atoms with Crippen molar-refractivity contribution in [3.63, 3.8) is 0 Å². The van der Waals surface area contributed by atoms with Gasteiger partial charge in [-0.3, -0.25) is 14.4 Å². The second kappa shape index (κ2) is 12.7. The lowest BCUT2D eigenvalue weighted by atomic mass is 9.99. The maximum absolute atomic E-state index is 14.3. The molecule has 0 spiro atoms. The highest BCUT2D eigenvalue weighted by molar-refractivity contribution is 5.93. The molecule has 0 heterocycles. The van der Waals surface area contributed by atoms with Crippen molar-refractivity contribution in [2.24, 2.45) is 5.92 Å². The minimum atomic E-state index is -1.17. The van der Waals surface area contributed by atoms with E-state index in [1.807, 2.05) is 6.92 Å². The van der Waals surface area contributed by atoms with E-state index in [0.29, 0.717) is 17.5 Å². The molecule has 1 saturated carbocycles. The van der Waals surface area contributed by atoms with E-state index >= 15 is 0 Å². The van der Waals surface area contributed by atoms with Crippen molar-refractivity contribution in [1.29, 1.82) is 0 Å². The van der Waals surface area contributed by atoms with Gasteiger partial charge in [0, 0.05) is 12.5 Å². The number of methoxy groups -OCH3 is 1. The van der Waals surface area contributed by atoms with Crippen LogP contribution in [-0.4, -0.2) is 70.3 Å².